The number of fused-ring (bicyclic) bond motifs is 1. The van der Waals surface area contributed by atoms with Gasteiger partial charge in [-0.3, -0.25) is 0 Å². The highest BCUT2D eigenvalue weighted by Gasteiger charge is 2.39. The van der Waals surface area contributed by atoms with E-state index in [0.717, 1.165) is 5.92 Å². The van der Waals surface area contributed by atoms with E-state index in [9.17, 15) is 0 Å². The van der Waals surface area contributed by atoms with E-state index in [2.05, 4.69) is 36.5 Å². The van der Waals surface area contributed by atoms with Crippen LogP contribution < -0.4 is 5.32 Å². The van der Waals surface area contributed by atoms with Crippen molar-refractivity contribution in [1.82, 2.24) is 0 Å². The Bertz CT molecular complexity index is 390. The maximum atomic E-state index is 2.66. The van der Waals surface area contributed by atoms with Crippen molar-refractivity contribution in [2.75, 3.05) is 0 Å². The third-order valence-electron chi connectivity index (χ3n) is 4.90. The Morgan fingerprint density at radius 3 is 2.71 bits per heavy atom. The minimum Gasteiger partial charge on any atom is -0.338 e. The van der Waals surface area contributed by atoms with Gasteiger partial charge >= 0.3 is 0 Å². The zero-order valence-corrected chi connectivity index (χ0v) is 10.9. The number of hydrogen-bond acceptors (Lipinski definition) is 0. The van der Waals surface area contributed by atoms with Gasteiger partial charge in [-0.1, -0.05) is 37.6 Å². The number of quaternary nitrogens is 1. The fourth-order valence-corrected chi connectivity index (χ4v) is 3.99. The maximum absolute atomic E-state index is 2.66. The summed E-state index contributed by atoms with van der Waals surface area (Å²) in [5, 5.41) is 2.66. The lowest BCUT2D eigenvalue weighted by molar-refractivity contribution is -0.744. The van der Waals surface area contributed by atoms with Crippen molar-refractivity contribution in [3.63, 3.8) is 0 Å². The van der Waals surface area contributed by atoms with Crippen LogP contribution in [0.1, 0.15) is 62.5 Å². The highest BCUT2D eigenvalue weighted by atomic mass is 15.0. The monoisotopic (exact) mass is 230 g/mol. The first-order valence-corrected chi connectivity index (χ1v) is 7.21. The molecule has 92 valence electrons. The Labute approximate surface area is 105 Å². The Morgan fingerprint density at radius 2 is 1.88 bits per heavy atom. The van der Waals surface area contributed by atoms with Gasteiger partial charge in [-0.25, -0.2) is 0 Å². The molecular weight excluding hydrogens is 206 g/mol. The molecule has 0 radical (unpaired) electrons. The lowest BCUT2D eigenvalue weighted by atomic mass is 9.75. The molecule has 1 aliphatic carbocycles. The van der Waals surface area contributed by atoms with E-state index in [1.54, 1.807) is 11.1 Å². The molecule has 2 N–H and O–H groups in total. The Hall–Kier alpha value is -0.820. The molecule has 0 saturated heterocycles. The molecule has 1 saturated carbocycles. The molecule has 1 atom stereocenters. The second-order valence-electron chi connectivity index (χ2n) is 6.14. The summed E-state index contributed by atoms with van der Waals surface area (Å²) in [5.41, 5.74) is 3.74. The fourth-order valence-electron chi connectivity index (χ4n) is 3.99. The molecule has 1 fully saturated rings. The highest BCUT2D eigenvalue weighted by molar-refractivity contribution is 5.30. The average molecular weight is 230 g/mol. The summed E-state index contributed by atoms with van der Waals surface area (Å²) < 4.78 is 0. The predicted octanol–water partition coefficient (Wildman–Crippen LogP) is 2.96. The van der Waals surface area contributed by atoms with Crippen LogP contribution in [-0.4, -0.2) is 5.54 Å². The van der Waals surface area contributed by atoms with E-state index < -0.39 is 0 Å². The molecule has 0 aromatic heterocycles. The lowest BCUT2D eigenvalue weighted by Crippen LogP contribution is -2.95. The van der Waals surface area contributed by atoms with E-state index in [1.807, 2.05) is 0 Å². The average Bonchev–Trinajstić information content (AvgIpc) is 2.50. The van der Waals surface area contributed by atoms with Crippen LogP contribution in [0, 0.1) is 0 Å². The van der Waals surface area contributed by atoms with Crippen molar-refractivity contribution in [2.45, 2.75) is 63.5 Å². The van der Waals surface area contributed by atoms with Crippen LogP contribution >= 0.6 is 0 Å². The molecule has 0 unspecified atom stereocenters. The molecule has 0 amide bonds. The number of rotatable bonds is 0. The van der Waals surface area contributed by atoms with Crippen molar-refractivity contribution in [3.8, 4) is 0 Å². The van der Waals surface area contributed by atoms with E-state index in [1.165, 1.54) is 45.1 Å². The van der Waals surface area contributed by atoms with Crippen LogP contribution in [-0.2, 0) is 6.54 Å². The van der Waals surface area contributed by atoms with E-state index in [0.29, 0.717) is 5.54 Å². The second kappa shape index (κ2) is 4.45. The third-order valence-corrected chi connectivity index (χ3v) is 4.90. The van der Waals surface area contributed by atoms with Crippen molar-refractivity contribution < 1.29 is 5.32 Å². The Morgan fingerprint density at radius 1 is 1.12 bits per heavy atom. The quantitative estimate of drug-likeness (QED) is 0.705. The molecule has 2 aliphatic rings. The smallest absolute Gasteiger partial charge is 0.102 e. The highest BCUT2D eigenvalue weighted by Crippen LogP contribution is 2.36. The van der Waals surface area contributed by atoms with Gasteiger partial charge in [-0.05, 0) is 24.3 Å². The molecule has 17 heavy (non-hydrogen) atoms. The van der Waals surface area contributed by atoms with Crippen molar-refractivity contribution in [2.24, 2.45) is 0 Å². The summed E-state index contributed by atoms with van der Waals surface area (Å²) in [6, 6.07) is 9.06. The van der Waals surface area contributed by atoms with Gasteiger partial charge in [-0.15, -0.1) is 0 Å². The number of nitrogens with two attached hydrogens (primary N) is 1. The first-order chi connectivity index (χ1) is 8.29. The number of hydrogen-bond donors (Lipinski definition) is 1. The van der Waals surface area contributed by atoms with Gasteiger partial charge in [0.05, 0.1) is 5.54 Å². The molecule has 1 aliphatic heterocycles. The molecule has 1 heteroatoms. The zero-order chi connectivity index (χ0) is 11.7. The third kappa shape index (κ3) is 2.13. The number of benzene rings is 1. The molecule has 1 heterocycles. The molecule has 1 aromatic carbocycles. The minimum absolute atomic E-state index is 0.566. The summed E-state index contributed by atoms with van der Waals surface area (Å²) in [6.45, 7) is 3.62. The standard InChI is InChI=1S/C16H23N/c1-13-11-16(9-5-2-6-10-16)17-12-14-7-3-4-8-15(13)14/h3-4,7-8,13,17H,2,5-6,9-12H2,1H3/p+1/t13-/m0/s1. The summed E-state index contributed by atoms with van der Waals surface area (Å²) >= 11 is 0. The van der Waals surface area contributed by atoms with Gasteiger partial charge in [0.2, 0.25) is 0 Å². The van der Waals surface area contributed by atoms with Gasteiger partial charge in [0, 0.05) is 24.8 Å². The van der Waals surface area contributed by atoms with E-state index in [4.69, 9.17) is 0 Å². The van der Waals surface area contributed by atoms with Crippen molar-refractivity contribution in [1.29, 1.82) is 0 Å². The first kappa shape index (κ1) is 11.3. The maximum Gasteiger partial charge on any atom is 0.102 e. The van der Waals surface area contributed by atoms with Crippen molar-refractivity contribution >= 4 is 0 Å². The predicted molar refractivity (Wildman–Crippen MR) is 70.9 cm³/mol. The Balaban J connectivity index is 1.88. The molecule has 1 aromatic rings. The molecule has 3 rings (SSSR count). The summed E-state index contributed by atoms with van der Waals surface area (Å²) in [7, 11) is 0. The van der Waals surface area contributed by atoms with E-state index in [-0.39, 0.29) is 0 Å². The van der Waals surface area contributed by atoms with Gasteiger partial charge in [0.15, 0.2) is 0 Å². The summed E-state index contributed by atoms with van der Waals surface area (Å²) in [5.74, 6) is 0.739. The topological polar surface area (TPSA) is 16.6 Å². The Kier molecular flexibility index (Phi) is 2.96. The van der Waals surface area contributed by atoms with Crippen LogP contribution in [0.15, 0.2) is 24.3 Å². The SMILES string of the molecule is C[C@H]1CC2(CCCCC2)[NH2+]Cc2ccccc21. The van der Waals surface area contributed by atoms with Crippen LogP contribution in [0.5, 0.6) is 0 Å². The van der Waals surface area contributed by atoms with Crippen LogP contribution in [0.4, 0.5) is 0 Å². The second-order valence-corrected chi connectivity index (χ2v) is 6.14. The van der Waals surface area contributed by atoms with E-state index >= 15 is 0 Å². The summed E-state index contributed by atoms with van der Waals surface area (Å²) in [4.78, 5) is 0. The fraction of sp³-hybridized carbons (Fsp3) is 0.625. The minimum atomic E-state index is 0.566. The van der Waals surface area contributed by atoms with Gasteiger partial charge in [-0.2, -0.15) is 0 Å². The van der Waals surface area contributed by atoms with Gasteiger partial charge < -0.3 is 5.32 Å². The lowest BCUT2D eigenvalue weighted by Gasteiger charge is -2.35. The normalized spacial score (nSPS) is 27.5. The van der Waals surface area contributed by atoms with Crippen LogP contribution in [0.25, 0.3) is 0 Å². The largest absolute Gasteiger partial charge is 0.338 e. The summed E-state index contributed by atoms with van der Waals surface area (Å²) in [6.07, 6.45) is 8.59. The van der Waals surface area contributed by atoms with Gasteiger partial charge in [0.25, 0.3) is 0 Å². The zero-order valence-electron chi connectivity index (χ0n) is 10.9. The molecule has 1 spiro atoms. The molecule has 1 nitrogen and oxygen atoms in total. The van der Waals surface area contributed by atoms with Crippen LogP contribution in [0.2, 0.25) is 0 Å². The molecule has 0 bridgehead atoms. The van der Waals surface area contributed by atoms with Crippen molar-refractivity contribution in [3.05, 3.63) is 35.4 Å². The molecular formula is C16H24N+. The van der Waals surface area contributed by atoms with Crippen LogP contribution in [0.3, 0.4) is 0 Å². The first-order valence-electron chi connectivity index (χ1n) is 7.21. The van der Waals surface area contributed by atoms with Gasteiger partial charge in [0.1, 0.15) is 6.54 Å².